The molecule has 8 nitrogen and oxygen atoms in total. The molecule has 2 fully saturated rings. The Balaban J connectivity index is 1.47. The molecule has 8 heteroatoms. The number of nitrogen functional groups attached to an aromatic ring is 1. The third-order valence-electron chi connectivity index (χ3n) is 5.71. The summed E-state index contributed by atoms with van der Waals surface area (Å²) >= 11 is 0. The van der Waals surface area contributed by atoms with Crippen molar-refractivity contribution in [2.45, 2.75) is 57.2 Å². The van der Waals surface area contributed by atoms with Gasteiger partial charge < -0.3 is 25.4 Å². The van der Waals surface area contributed by atoms with Crippen LogP contribution in [0.2, 0.25) is 0 Å². The summed E-state index contributed by atoms with van der Waals surface area (Å²) < 4.78 is 11.4. The standard InChI is InChI=1S/C23H31N5O3/c1-22(2,3)31-21(29)28-12-11-23(14-28,30-4)19-10-7-16(13-25-19)26-20-17(24)8-9-18(27-20)15-5-6-15/h7-10,13,15H,5-6,11-12,14,24H2,1-4H3,(H,26,27). The molecule has 2 aromatic rings. The Bertz CT molecular complexity index is 953. The van der Waals surface area contributed by atoms with E-state index in [4.69, 9.17) is 15.2 Å². The average Bonchev–Trinajstić information content (AvgIpc) is 3.47. The first-order chi connectivity index (χ1) is 14.7. The van der Waals surface area contributed by atoms with E-state index in [9.17, 15) is 4.79 Å². The Morgan fingerprint density at radius 1 is 1.26 bits per heavy atom. The zero-order valence-electron chi connectivity index (χ0n) is 18.6. The normalized spacial score (nSPS) is 21.2. The molecule has 3 heterocycles. The first-order valence-electron chi connectivity index (χ1n) is 10.7. The summed E-state index contributed by atoms with van der Waals surface area (Å²) in [5, 5.41) is 3.27. The molecular weight excluding hydrogens is 394 g/mol. The van der Waals surface area contributed by atoms with E-state index < -0.39 is 11.2 Å². The van der Waals surface area contributed by atoms with Crippen molar-refractivity contribution in [3.8, 4) is 0 Å². The van der Waals surface area contributed by atoms with Crippen LogP contribution in [-0.2, 0) is 15.1 Å². The summed E-state index contributed by atoms with van der Waals surface area (Å²) in [6.07, 6.45) is 4.44. The molecular formula is C23H31N5O3. The molecule has 1 aliphatic carbocycles. The predicted molar refractivity (Wildman–Crippen MR) is 119 cm³/mol. The SMILES string of the molecule is COC1(c2ccc(Nc3nc(C4CC4)ccc3N)cn2)CCN(C(=O)OC(C)(C)C)C1. The number of pyridine rings is 2. The van der Waals surface area contributed by atoms with E-state index in [0.29, 0.717) is 36.9 Å². The largest absolute Gasteiger partial charge is 0.444 e. The topological polar surface area (TPSA) is 103 Å². The van der Waals surface area contributed by atoms with Gasteiger partial charge >= 0.3 is 6.09 Å². The molecule has 2 aliphatic rings. The fraction of sp³-hybridized carbons (Fsp3) is 0.522. The van der Waals surface area contributed by atoms with Crippen LogP contribution in [-0.4, -0.2) is 46.8 Å². The second-order valence-electron chi connectivity index (χ2n) is 9.36. The Hall–Kier alpha value is -2.87. The zero-order chi connectivity index (χ0) is 22.2. The van der Waals surface area contributed by atoms with Gasteiger partial charge in [-0.25, -0.2) is 9.78 Å². The summed E-state index contributed by atoms with van der Waals surface area (Å²) in [5.41, 5.74) is 8.17. The highest BCUT2D eigenvalue weighted by Crippen LogP contribution is 2.40. The number of rotatable bonds is 5. The van der Waals surface area contributed by atoms with E-state index in [1.807, 2.05) is 45.0 Å². The molecule has 1 saturated heterocycles. The third-order valence-corrected chi connectivity index (χ3v) is 5.71. The number of nitrogens with one attached hydrogen (secondary N) is 1. The second kappa shape index (κ2) is 8.00. The molecule has 1 saturated carbocycles. The van der Waals surface area contributed by atoms with Crippen LogP contribution < -0.4 is 11.1 Å². The van der Waals surface area contributed by atoms with Gasteiger partial charge in [-0.15, -0.1) is 0 Å². The van der Waals surface area contributed by atoms with Crippen LogP contribution in [0, 0.1) is 0 Å². The van der Waals surface area contributed by atoms with Crippen LogP contribution in [0.15, 0.2) is 30.5 Å². The lowest BCUT2D eigenvalue weighted by atomic mass is 9.97. The molecule has 3 N–H and O–H groups in total. The van der Waals surface area contributed by atoms with Crippen LogP contribution >= 0.6 is 0 Å². The van der Waals surface area contributed by atoms with Crippen molar-refractivity contribution >= 4 is 23.3 Å². The van der Waals surface area contributed by atoms with Gasteiger partial charge in [0.1, 0.15) is 11.2 Å². The number of likely N-dealkylation sites (tertiary alicyclic amines) is 1. The van der Waals surface area contributed by atoms with Gasteiger partial charge in [-0.1, -0.05) is 0 Å². The summed E-state index contributed by atoms with van der Waals surface area (Å²) in [7, 11) is 1.65. The predicted octanol–water partition coefficient (Wildman–Crippen LogP) is 4.16. The molecule has 1 amide bonds. The van der Waals surface area contributed by atoms with Gasteiger partial charge in [0.05, 0.1) is 29.8 Å². The summed E-state index contributed by atoms with van der Waals surface area (Å²) in [5.74, 6) is 1.20. The van der Waals surface area contributed by atoms with E-state index in [1.165, 1.54) is 12.8 Å². The van der Waals surface area contributed by atoms with Crippen molar-refractivity contribution in [1.82, 2.24) is 14.9 Å². The second-order valence-corrected chi connectivity index (χ2v) is 9.36. The lowest BCUT2D eigenvalue weighted by Gasteiger charge is -2.28. The average molecular weight is 426 g/mol. The van der Waals surface area contributed by atoms with E-state index in [-0.39, 0.29) is 6.09 Å². The maximum atomic E-state index is 12.5. The van der Waals surface area contributed by atoms with Gasteiger partial charge in [-0.2, -0.15) is 0 Å². The van der Waals surface area contributed by atoms with Gasteiger partial charge in [0.2, 0.25) is 0 Å². The number of nitrogens with zero attached hydrogens (tertiary/aromatic N) is 3. The molecule has 1 aliphatic heterocycles. The minimum atomic E-state index is -0.654. The number of aromatic nitrogens is 2. The van der Waals surface area contributed by atoms with Crippen molar-refractivity contribution in [3.63, 3.8) is 0 Å². The number of hydrogen-bond donors (Lipinski definition) is 2. The quantitative estimate of drug-likeness (QED) is 0.741. The van der Waals surface area contributed by atoms with Gasteiger partial charge in [0.15, 0.2) is 5.82 Å². The third kappa shape index (κ3) is 4.74. The van der Waals surface area contributed by atoms with E-state index in [0.717, 1.165) is 17.1 Å². The number of ether oxygens (including phenoxy) is 2. The van der Waals surface area contributed by atoms with Crippen molar-refractivity contribution in [1.29, 1.82) is 0 Å². The highest BCUT2D eigenvalue weighted by atomic mass is 16.6. The smallest absolute Gasteiger partial charge is 0.410 e. The molecule has 0 bridgehead atoms. The molecule has 1 unspecified atom stereocenters. The van der Waals surface area contributed by atoms with E-state index in [2.05, 4.69) is 15.3 Å². The van der Waals surface area contributed by atoms with Crippen molar-refractivity contribution in [2.24, 2.45) is 0 Å². The van der Waals surface area contributed by atoms with Gasteiger partial charge in [0, 0.05) is 31.7 Å². The number of carbonyl (C=O) groups is 1. The van der Waals surface area contributed by atoms with Crippen molar-refractivity contribution in [2.75, 3.05) is 31.2 Å². The first-order valence-corrected chi connectivity index (χ1v) is 10.7. The number of methoxy groups -OCH3 is 1. The number of nitrogens with two attached hydrogens (primary N) is 1. The lowest BCUT2D eigenvalue weighted by Crippen LogP contribution is -2.39. The molecule has 166 valence electrons. The van der Waals surface area contributed by atoms with Gasteiger partial charge in [0.25, 0.3) is 0 Å². The molecule has 0 aromatic carbocycles. The highest BCUT2D eigenvalue weighted by Gasteiger charge is 2.44. The van der Waals surface area contributed by atoms with Crippen molar-refractivity contribution in [3.05, 3.63) is 41.9 Å². The van der Waals surface area contributed by atoms with E-state index in [1.54, 1.807) is 18.2 Å². The minimum absolute atomic E-state index is 0.332. The molecule has 0 radical (unpaired) electrons. The molecule has 31 heavy (non-hydrogen) atoms. The van der Waals surface area contributed by atoms with Gasteiger partial charge in [-0.3, -0.25) is 4.98 Å². The summed E-state index contributed by atoms with van der Waals surface area (Å²) in [6.45, 7) is 6.54. The monoisotopic (exact) mass is 425 g/mol. The highest BCUT2D eigenvalue weighted by molar-refractivity contribution is 5.69. The first kappa shape index (κ1) is 21.4. The number of amides is 1. The molecule has 2 aromatic heterocycles. The van der Waals surface area contributed by atoms with Crippen LogP contribution in [0.4, 0.5) is 22.0 Å². The minimum Gasteiger partial charge on any atom is -0.444 e. The Morgan fingerprint density at radius 2 is 2.03 bits per heavy atom. The summed E-state index contributed by atoms with van der Waals surface area (Å²) in [6, 6.07) is 7.75. The van der Waals surface area contributed by atoms with E-state index >= 15 is 0 Å². The van der Waals surface area contributed by atoms with Crippen molar-refractivity contribution < 1.29 is 14.3 Å². The number of carbonyl (C=O) groups excluding carboxylic acids is 1. The number of anilines is 3. The Labute approximate surface area is 183 Å². The Morgan fingerprint density at radius 3 is 2.65 bits per heavy atom. The Kier molecular flexibility index (Phi) is 5.51. The molecule has 0 spiro atoms. The lowest BCUT2D eigenvalue weighted by molar-refractivity contribution is -0.0158. The number of hydrogen-bond acceptors (Lipinski definition) is 7. The van der Waals surface area contributed by atoms with Crippen LogP contribution in [0.1, 0.15) is 57.3 Å². The fourth-order valence-corrected chi connectivity index (χ4v) is 3.81. The fourth-order valence-electron chi connectivity index (χ4n) is 3.81. The van der Waals surface area contributed by atoms with Crippen LogP contribution in [0.25, 0.3) is 0 Å². The molecule has 4 rings (SSSR count). The van der Waals surface area contributed by atoms with Crippen LogP contribution in [0.3, 0.4) is 0 Å². The summed E-state index contributed by atoms with van der Waals surface area (Å²) in [4.78, 5) is 23.4. The van der Waals surface area contributed by atoms with Gasteiger partial charge in [-0.05, 0) is 57.9 Å². The zero-order valence-corrected chi connectivity index (χ0v) is 18.6. The van der Waals surface area contributed by atoms with Crippen LogP contribution in [0.5, 0.6) is 0 Å². The molecule has 1 atom stereocenters. The maximum Gasteiger partial charge on any atom is 0.410 e. The maximum absolute atomic E-state index is 12.5.